The number of rotatable bonds is 12. The predicted molar refractivity (Wildman–Crippen MR) is 145 cm³/mol. The first kappa shape index (κ1) is 31.1. The van der Waals surface area contributed by atoms with Gasteiger partial charge in [-0.1, -0.05) is 50.1 Å². The minimum Gasteiger partial charge on any atom is -0.466 e. The maximum atomic E-state index is 14.2. The van der Waals surface area contributed by atoms with Crippen LogP contribution in [0.25, 0.3) is 0 Å². The Kier molecular flexibility index (Phi) is 11.6. The van der Waals surface area contributed by atoms with Crippen molar-refractivity contribution in [3.63, 3.8) is 0 Å². The van der Waals surface area contributed by atoms with Crippen molar-refractivity contribution in [1.29, 1.82) is 0 Å². The number of alkyl carbamates (subject to hydrolysis) is 1. The number of carbonyl (C=O) groups is 4. The van der Waals surface area contributed by atoms with E-state index >= 15 is 0 Å². The van der Waals surface area contributed by atoms with Crippen LogP contribution in [0.15, 0.2) is 24.3 Å². The summed E-state index contributed by atoms with van der Waals surface area (Å²) >= 11 is 0. The molecule has 1 aromatic rings. The number of aryl methyl sites for hydroxylation is 1. The molecule has 0 heterocycles. The lowest BCUT2D eigenvalue weighted by Crippen LogP contribution is -2.59. The molecule has 3 atom stereocenters. The van der Waals surface area contributed by atoms with E-state index in [9.17, 15) is 19.2 Å². The predicted octanol–water partition coefficient (Wildman–Crippen LogP) is 4.43. The van der Waals surface area contributed by atoms with Crippen LogP contribution in [0.4, 0.5) is 4.79 Å². The highest BCUT2D eigenvalue weighted by atomic mass is 16.6. The molecule has 3 unspecified atom stereocenters. The van der Waals surface area contributed by atoms with E-state index in [0.717, 1.165) is 24.8 Å². The van der Waals surface area contributed by atoms with E-state index < -0.39 is 29.7 Å². The summed E-state index contributed by atoms with van der Waals surface area (Å²) in [6.45, 7) is 13.2. The highest BCUT2D eigenvalue weighted by Gasteiger charge is 2.43. The molecule has 0 radical (unpaired) electrons. The minimum absolute atomic E-state index is 0.0350. The van der Waals surface area contributed by atoms with E-state index in [1.165, 1.54) is 0 Å². The van der Waals surface area contributed by atoms with Gasteiger partial charge in [-0.15, -0.1) is 0 Å². The van der Waals surface area contributed by atoms with Crippen LogP contribution in [0.5, 0.6) is 0 Å². The maximum Gasteiger partial charge on any atom is 0.408 e. The first-order valence-corrected chi connectivity index (χ1v) is 13.7. The van der Waals surface area contributed by atoms with Gasteiger partial charge in [0.15, 0.2) is 0 Å². The minimum atomic E-state index is -0.914. The number of nitrogens with zero attached hydrogens (tertiary/aromatic N) is 1. The Hall–Kier alpha value is -3.10. The zero-order chi connectivity index (χ0) is 28.5. The number of hydrogen-bond donors (Lipinski definition) is 2. The molecular weight excluding hydrogens is 486 g/mol. The number of esters is 1. The van der Waals surface area contributed by atoms with Gasteiger partial charge < -0.3 is 25.0 Å². The zero-order valence-electron chi connectivity index (χ0n) is 24.0. The summed E-state index contributed by atoms with van der Waals surface area (Å²) in [5.41, 5.74) is 0.981. The highest BCUT2D eigenvalue weighted by molar-refractivity contribution is 5.92. The van der Waals surface area contributed by atoms with E-state index in [-0.39, 0.29) is 43.3 Å². The molecule has 212 valence electrons. The average molecular weight is 532 g/mol. The normalized spacial score (nSPS) is 15.9. The summed E-state index contributed by atoms with van der Waals surface area (Å²) < 4.78 is 10.4. The van der Waals surface area contributed by atoms with Crippen LogP contribution in [0, 0.1) is 12.8 Å². The second-order valence-electron chi connectivity index (χ2n) is 11.0. The molecular formula is C29H45N3O6. The topological polar surface area (TPSA) is 114 Å². The number of hydrogen-bond acceptors (Lipinski definition) is 6. The van der Waals surface area contributed by atoms with Crippen LogP contribution in [0.3, 0.4) is 0 Å². The molecule has 3 amide bonds. The molecule has 2 N–H and O–H groups in total. The van der Waals surface area contributed by atoms with Gasteiger partial charge in [0, 0.05) is 12.6 Å². The molecule has 0 saturated heterocycles. The van der Waals surface area contributed by atoms with Gasteiger partial charge in [0.05, 0.1) is 13.0 Å². The fraction of sp³-hybridized carbons (Fsp3) is 0.655. The monoisotopic (exact) mass is 531 g/mol. The van der Waals surface area contributed by atoms with Crippen molar-refractivity contribution < 1.29 is 28.7 Å². The molecule has 1 saturated carbocycles. The Morgan fingerprint density at radius 1 is 1.08 bits per heavy atom. The van der Waals surface area contributed by atoms with Gasteiger partial charge in [0.25, 0.3) is 0 Å². The summed E-state index contributed by atoms with van der Waals surface area (Å²) in [5.74, 6) is -1.28. The average Bonchev–Trinajstić information content (AvgIpc) is 2.80. The summed E-state index contributed by atoms with van der Waals surface area (Å²) in [4.78, 5) is 54.1. The number of carbonyl (C=O) groups excluding carboxylic acids is 4. The second kappa shape index (κ2) is 14.2. The molecule has 1 aromatic carbocycles. The molecule has 9 heteroatoms. The molecule has 0 bridgehead atoms. The lowest BCUT2D eigenvalue weighted by molar-refractivity contribution is -0.149. The largest absolute Gasteiger partial charge is 0.466 e. The molecule has 1 aliphatic carbocycles. The molecule has 2 rings (SSSR count). The van der Waals surface area contributed by atoms with Crippen molar-refractivity contribution in [2.75, 3.05) is 13.2 Å². The van der Waals surface area contributed by atoms with E-state index in [1.807, 2.05) is 45.0 Å². The van der Waals surface area contributed by atoms with Crippen molar-refractivity contribution in [2.45, 2.75) is 104 Å². The molecule has 38 heavy (non-hydrogen) atoms. The van der Waals surface area contributed by atoms with Crippen LogP contribution < -0.4 is 10.6 Å². The molecule has 0 aliphatic heterocycles. The lowest BCUT2D eigenvalue weighted by Gasteiger charge is -2.44. The first-order chi connectivity index (χ1) is 17.9. The standard InChI is InChI=1S/C29H45N3O6/c1-8-20(4)24(31-28(36)38-29(5,6)7)27(35)32(22-11-10-12-22)25(21-15-13-19(3)14-16-21)26(34)30-18-17-23(33)37-9-2/h13-16,20,22,24-25H,8-12,17-18H2,1-7H3,(H,30,34)(H,31,36). The molecule has 0 spiro atoms. The summed E-state index contributed by atoms with van der Waals surface area (Å²) in [7, 11) is 0. The third kappa shape index (κ3) is 9.03. The van der Waals surface area contributed by atoms with Gasteiger partial charge in [0.1, 0.15) is 17.7 Å². The Labute approximate surface area is 227 Å². The van der Waals surface area contributed by atoms with Crippen molar-refractivity contribution in [2.24, 2.45) is 5.92 Å². The molecule has 9 nitrogen and oxygen atoms in total. The maximum absolute atomic E-state index is 14.2. The zero-order valence-corrected chi connectivity index (χ0v) is 24.0. The van der Waals surface area contributed by atoms with Gasteiger partial charge in [-0.2, -0.15) is 0 Å². The Morgan fingerprint density at radius 2 is 1.71 bits per heavy atom. The smallest absolute Gasteiger partial charge is 0.408 e. The quantitative estimate of drug-likeness (QED) is 0.386. The molecule has 1 aliphatic rings. The number of benzene rings is 1. The second-order valence-corrected chi connectivity index (χ2v) is 11.0. The summed E-state index contributed by atoms with van der Waals surface area (Å²) in [6, 6.07) is 5.59. The van der Waals surface area contributed by atoms with Crippen LogP contribution in [-0.4, -0.2) is 59.6 Å². The van der Waals surface area contributed by atoms with Gasteiger partial charge in [-0.25, -0.2) is 4.79 Å². The van der Waals surface area contributed by atoms with Crippen LogP contribution in [-0.2, 0) is 23.9 Å². The summed E-state index contributed by atoms with van der Waals surface area (Å²) in [6.07, 6.45) is 2.50. The SMILES string of the molecule is CCOC(=O)CCNC(=O)C(c1ccc(C)cc1)N(C(=O)C(NC(=O)OC(C)(C)C)C(C)CC)C1CCC1. The van der Waals surface area contributed by atoms with Crippen LogP contribution in [0.2, 0.25) is 0 Å². The van der Waals surface area contributed by atoms with Crippen molar-refractivity contribution in [1.82, 2.24) is 15.5 Å². The molecule has 1 fully saturated rings. The lowest BCUT2D eigenvalue weighted by atomic mass is 9.86. The van der Waals surface area contributed by atoms with Crippen molar-refractivity contribution >= 4 is 23.9 Å². The Balaban J connectivity index is 2.42. The molecule has 0 aromatic heterocycles. The van der Waals surface area contributed by atoms with Crippen molar-refractivity contribution in [3.8, 4) is 0 Å². The Bertz CT molecular complexity index is 952. The van der Waals surface area contributed by atoms with Crippen LogP contribution >= 0.6 is 0 Å². The van der Waals surface area contributed by atoms with E-state index in [2.05, 4.69) is 10.6 Å². The number of ether oxygens (including phenoxy) is 2. The van der Waals surface area contributed by atoms with Gasteiger partial charge in [0.2, 0.25) is 11.8 Å². The van der Waals surface area contributed by atoms with Crippen molar-refractivity contribution in [3.05, 3.63) is 35.4 Å². The van der Waals surface area contributed by atoms with Crippen LogP contribution in [0.1, 0.15) is 90.8 Å². The fourth-order valence-corrected chi connectivity index (χ4v) is 4.27. The van der Waals surface area contributed by atoms with E-state index in [0.29, 0.717) is 12.0 Å². The van der Waals surface area contributed by atoms with Gasteiger partial charge in [-0.3, -0.25) is 14.4 Å². The van der Waals surface area contributed by atoms with Gasteiger partial charge in [-0.05, 0) is 65.4 Å². The first-order valence-electron chi connectivity index (χ1n) is 13.7. The summed E-state index contributed by atoms with van der Waals surface area (Å²) in [5, 5.41) is 5.62. The number of amides is 3. The number of nitrogens with one attached hydrogen (secondary N) is 2. The fourth-order valence-electron chi connectivity index (χ4n) is 4.27. The third-order valence-electron chi connectivity index (χ3n) is 6.73. The van der Waals surface area contributed by atoms with E-state index in [1.54, 1.807) is 32.6 Å². The van der Waals surface area contributed by atoms with Gasteiger partial charge >= 0.3 is 12.1 Å². The Morgan fingerprint density at radius 3 is 2.21 bits per heavy atom. The highest BCUT2D eigenvalue weighted by Crippen LogP contribution is 2.34. The third-order valence-corrected chi connectivity index (χ3v) is 6.73. The van der Waals surface area contributed by atoms with E-state index in [4.69, 9.17) is 9.47 Å².